The number of nitrogens with one attached hydrogen (secondary N) is 1. The van der Waals surface area contributed by atoms with Crippen molar-refractivity contribution >= 4 is 23.2 Å². The Morgan fingerprint density at radius 1 is 1.00 bits per heavy atom. The van der Waals surface area contributed by atoms with E-state index < -0.39 is 0 Å². The van der Waals surface area contributed by atoms with E-state index in [0.717, 1.165) is 22.4 Å². The van der Waals surface area contributed by atoms with E-state index in [2.05, 4.69) is 12.2 Å². The summed E-state index contributed by atoms with van der Waals surface area (Å²) in [7, 11) is 1.94. The standard InChI is InChI=1S/C23H23ClN2O/c1-17(19-11-8-12-20(24)15-19)26(2)16-23(27)25-22-14-7-6-13-21(22)18-9-4-3-5-10-18/h3-15,17H,16H2,1-2H3,(H,25,27). The van der Waals surface area contributed by atoms with Crippen LogP contribution in [0, 0.1) is 0 Å². The van der Waals surface area contributed by atoms with Crippen molar-refractivity contribution in [2.24, 2.45) is 0 Å². The van der Waals surface area contributed by atoms with Gasteiger partial charge in [-0.3, -0.25) is 9.69 Å². The Labute approximate surface area is 165 Å². The molecule has 1 amide bonds. The third kappa shape index (κ3) is 4.97. The van der Waals surface area contributed by atoms with Crippen molar-refractivity contribution < 1.29 is 4.79 Å². The molecule has 0 aliphatic carbocycles. The zero-order valence-electron chi connectivity index (χ0n) is 15.5. The van der Waals surface area contributed by atoms with E-state index in [1.165, 1.54) is 0 Å². The zero-order valence-corrected chi connectivity index (χ0v) is 16.3. The number of benzene rings is 3. The molecule has 0 aliphatic rings. The summed E-state index contributed by atoms with van der Waals surface area (Å²) in [6.45, 7) is 2.35. The molecule has 3 aromatic carbocycles. The number of anilines is 1. The molecule has 0 spiro atoms. The van der Waals surface area contributed by atoms with E-state index in [4.69, 9.17) is 11.6 Å². The SMILES string of the molecule is CC(c1cccc(Cl)c1)N(C)CC(=O)Nc1ccccc1-c1ccccc1. The molecule has 3 nitrogen and oxygen atoms in total. The Hall–Kier alpha value is -2.62. The van der Waals surface area contributed by atoms with Crippen LogP contribution in [0.3, 0.4) is 0 Å². The maximum Gasteiger partial charge on any atom is 0.238 e. The second-order valence-corrected chi connectivity index (χ2v) is 7.04. The van der Waals surface area contributed by atoms with Gasteiger partial charge in [-0.2, -0.15) is 0 Å². The summed E-state index contributed by atoms with van der Waals surface area (Å²) in [6, 6.07) is 25.7. The molecule has 0 saturated heterocycles. The van der Waals surface area contributed by atoms with Gasteiger partial charge in [0.1, 0.15) is 0 Å². The lowest BCUT2D eigenvalue weighted by atomic mass is 10.0. The predicted octanol–water partition coefficient (Wildman–Crippen LogP) is 5.64. The van der Waals surface area contributed by atoms with Gasteiger partial charge in [0.15, 0.2) is 0 Å². The summed E-state index contributed by atoms with van der Waals surface area (Å²) in [4.78, 5) is 14.6. The molecule has 1 atom stereocenters. The lowest BCUT2D eigenvalue weighted by Gasteiger charge is -2.25. The van der Waals surface area contributed by atoms with Gasteiger partial charge in [-0.05, 0) is 43.3 Å². The molecule has 3 rings (SSSR count). The third-order valence-corrected chi connectivity index (χ3v) is 4.91. The van der Waals surface area contributed by atoms with Crippen LogP contribution in [-0.4, -0.2) is 24.4 Å². The molecule has 0 bridgehead atoms. The van der Waals surface area contributed by atoms with Crippen LogP contribution < -0.4 is 5.32 Å². The van der Waals surface area contributed by atoms with Crippen LogP contribution in [-0.2, 0) is 4.79 Å². The first-order valence-corrected chi connectivity index (χ1v) is 9.32. The van der Waals surface area contributed by atoms with Crippen molar-refractivity contribution in [3.63, 3.8) is 0 Å². The fourth-order valence-corrected chi connectivity index (χ4v) is 3.23. The quantitative estimate of drug-likeness (QED) is 0.602. The summed E-state index contributed by atoms with van der Waals surface area (Å²) in [6.07, 6.45) is 0. The highest BCUT2D eigenvalue weighted by Gasteiger charge is 2.16. The molecule has 0 radical (unpaired) electrons. The van der Waals surface area contributed by atoms with Crippen LogP contribution in [0.15, 0.2) is 78.9 Å². The number of hydrogen-bond acceptors (Lipinski definition) is 2. The smallest absolute Gasteiger partial charge is 0.238 e. The summed E-state index contributed by atoms with van der Waals surface area (Å²) in [5.41, 5.74) is 3.99. The highest BCUT2D eigenvalue weighted by molar-refractivity contribution is 6.30. The first kappa shape index (κ1) is 19.2. The molecule has 27 heavy (non-hydrogen) atoms. The largest absolute Gasteiger partial charge is 0.324 e. The number of nitrogens with zero attached hydrogens (tertiary/aromatic N) is 1. The van der Waals surface area contributed by atoms with E-state index in [9.17, 15) is 4.79 Å². The highest BCUT2D eigenvalue weighted by atomic mass is 35.5. The van der Waals surface area contributed by atoms with Crippen LogP contribution in [0.1, 0.15) is 18.5 Å². The van der Waals surface area contributed by atoms with Crippen molar-refractivity contribution in [1.82, 2.24) is 4.90 Å². The fraction of sp³-hybridized carbons (Fsp3) is 0.174. The Morgan fingerprint density at radius 3 is 2.44 bits per heavy atom. The average Bonchev–Trinajstić information content (AvgIpc) is 2.68. The number of para-hydroxylation sites is 1. The lowest BCUT2D eigenvalue weighted by Crippen LogP contribution is -2.32. The van der Waals surface area contributed by atoms with Crippen LogP contribution in [0.2, 0.25) is 5.02 Å². The topological polar surface area (TPSA) is 32.3 Å². The molecule has 4 heteroatoms. The molecular weight excluding hydrogens is 356 g/mol. The van der Waals surface area contributed by atoms with Gasteiger partial charge in [-0.25, -0.2) is 0 Å². The zero-order chi connectivity index (χ0) is 19.2. The number of amides is 1. The second kappa shape index (κ2) is 8.85. The molecule has 0 aromatic heterocycles. The summed E-state index contributed by atoms with van der Waals surface area (Å²) in [5.74, 6) is -0.0465. The van der Waals surface area contributed by atoms with Crippen molar-refractivity contribution in [2.75, 3.05) is 18.9 Å². The van der Waals surface area contributed by atoms with Crippen LogP contribution in [0.5, 0.6) is 0 Å². The lowest BCUT2D eigenvalue weighted by molar-refractivity contribution is -0.117. The maximum absolute atomic E-state index is 12.6. The average molecular weight is 379 g/mol. The highest BCUT2D eigenvalue weighted by Crippen LogP contribution is 2.28. The third-order valence-electron chi connectivity index (χ3n) is 4.67. The first-order valence-electron chi connectivity index (χ1n) is 8.94. The fourth-order valence-electron chi connectivity index (χ4n) is 3.04. The second-order valence-electron chi connectivity index (χ2n) is 6.61. The first-order chi connectivity index (χ1) is 13.0. The van der Waals surface area contributed by atoms with Crippen molar-refractivity contribution in [1.29, 1.82) is 0 Å². The minimum Gasteiger partial charge on any atom is -0.324 e. The van der Waals surface area contributed by atoms with Gasteiger partial charge in [0.05, 0.1) is 6.54 Å². The molecular formula is C23H23ClN2O. The minimum absolute atomic E-state index is 0.0465. The van der Waals surface area contributed by atoms with Gasteiger partial charge < -0.3 is 5.32 Å². The van der Waals surface area contributed by atoms with E-state index >= 15 is 0 Å². The minimum atomic E-state index is -0.0465. The van der Waals surface area contributed by atoms with Crippen molar-refractivity contribution in [2.45, 2.75) is 13.0 Å². The van der Waals surface area contributed by atoms with Gasteiger partial charge in [0.25, 0.3) is 0 Å². The Morgan fingerprint density at radius 2 is 1.70 bits per heavy atom. The molecule has 1 N–H and O–H groups in total. The molecule has 1 unspecified atom stereocenters. The van der Waals surface area contributed by atoms with E-state index in [0.29, 0.717) is 5.02 Å². The Balaban J connectivity index is 1.69. The number of hydrogen-bond donors (Lipinski definition) is 1. The molecule has 0 aliphatic heterocycles. The van der Waals surface area contributed by atoms with E-state index in [-0.39, 0.29) is 18.5 Å². The summed E-state index contributed by atoms with van der Waals surface area (Å²) in [5, 5.41) is 3.75. The number of likely N-dealkylation sites (N-methyl/N-ethyl adjacent to an activating group) is 1. The predicted molar refractivity (Wildman–Crippen MR) is 113 cm³/mol. The van der Waals surface area contributed by atoms with Crippen LogP contribution >= 0.6 is 11.6 Å². The normalized spacial score (nSPS) is 12.0. The summed E-state index contributed by atoms with van der Waals surface area (Å²) >= 11 is 6.08. The monoisotopic (exact) mass is 378 g/mol. The maximum atomic E-state index is 12.6. The van der Waals surface area contributed by atoms with Gasteiger partial charge in [-0.15, -0.1) is 0 Å². The summed E-state index contributed by atoms with van der Waals surface area (Å²) < 4.78 is 0. The molecule has 138 valence electrons. The van der Waals surface area contributed by atoms with Gasteiger partial charge in [-0.1, -0.05) is 72.3 Å². The Bertz CT molecular complexity index is 911. The number of carbonyl (C=O) groups is 1. The molecule has 0 heterocycles. The Kier molecular flexibility index (Phi) is 6.28. The molecule has 0 saturated carbocycles. The van der Waals surface area contributed by atoms with Crippen molar-refractivity contribution in [3.8, 4) is 11.1 Å². The number of carbonyl (C=O) groups excluding carboxylic acids is 1. The van der Waals surface area contributed by atoms with Crippen LogP contribution in [0.25, 0.3) is 11.1 Å². The van der Waals surface area contributed by atoms with E-state index in [1.54, 1.807) is 0 Å². The van der Waals surface area contributed by atoms with E-state index in [1.807, 2.05) is 90.8 Å². The number of halogens is 1. The molecule has 0 fully saturated rings. The number of rotatable bonds is 6. The van der Waals surface area contributed by atoms with Gasteiger partial charge in [0, 0.05) is 22.3 Å². The van der Waals surface area contributed by atoms with Gasteiger partial charge >= 0.3 is 0 Å². The van der Waals surface area contributed by atoms with Crippen LogP contribution in [0.4, 0.5) is 5.69 Å². The van der Waals surface area contributed by atoms with Gasteiger partial charge in [0.2, 0.25) is 5.91 Å². The molecule has 3 aromatic rings. The van der Waals surface area contributed by atoms with Crippen molar-refractivity contribution in [3.05, 3.63) is 89.4 Å².